The van der Waals surface area contributed by atoms with Crippen molar-refractivity contribution in [3.05, 3.63) is 71.8 Å². The van der Waals surface area contributed by atoms with E-state index >= 15 is 0 Å². The number of H-pyrrole nitrogens is 1. The molecule has 0 unspecified atom stereocenters. The number of piperidine rings is 1. The number of aromatic nitrogens is 3. The molecule has 1 aliphatic heterocycles. The van der Waals surface area contributed by atoms with Crippen molar-refractivity contribution in [3.8, 4) is 11.5 Å². The summed E-state index contributed by atoms with van der Waals surface area (Å²) in [4.78, 5) is 11.1. The summed E-state index contributed by atoms with van der Waals surface area (Å²) >= 11 is 0. The molecule has 0 radical (unpaired) electrons. The molecule has 4 rings (SSSR count). The number of nitrogens with zero attached hydrogens (tertiary/aromatic N) is 4. The molecule has 1 aliphatic rings. The Kier molecular flexibility index (Phi) is 6.27. The van der Waals surface area contributed by atoms with Crippen LogP contribution in [0.3, 0.4) is 0 Å². The van der Waals surface area contributed by atoms with Gasteiger partial charge in [0.25, 0.3) is 0 Å². The lowest BCUT2D eigenvalue weighted by Gasteiger charge is -2.33. The number of ether oxygens (including phenoxy) is 1. The molecule has 2 aromatic carbocycles. The Bertz CT molecular complexity index is 977. The first-order valence-electron chi connectivity index (χ1n) is 10.4. The van der Waals surface area contributed by atoms with Gasteiger partial charge in [-0.2, -0.15) is 5.10 Å². The van der Waals surface area contributed by atoms with Gasteiger partial charge in [-0.3, -0.25) is 10.1 Å². The van der Waals surface area contributed by atoms with E-state index in [-0.39, 0.29) is 0 Å². The van der Waals surface area contributed by atoms with E-state index in [1.807, 2.05) is 43.4 Å². The molecule has 7 nitrogen and oxygen atoms in total. The van der Waals surface area contributed by atoms with Gasteiger partial charge in [-0.25, -0.2) is 4.98 Å². The Labute approximate surface area is 177 Å². The zero-order valence-electron chi connectivity index (χ0n) is 17.5. The predicted octanol–water partition coefficient (Wildman–Crippen LogP) is 3.86. The van der Waals surface area contributed by atoms with Crippen LogP contribution < -0.4 is 10.1 Å². The Hall–Kier alpha value is -3.35. The fraction of sp³-hybridized carbons (Fsp3) is 0.348. The second kappa shape index (κ2) is 9.43. The van der Waals surface area contributed by atoms with Gasteiger partial charge in [0.15, 0.2) is 5.96 Å². The Morgan fingerprint density at radius 2 is 2.03 bits per heavy atom. The van der Waals surface area contributed by atoms with Crippen LogP contribution in [-0.2, 0) is 6.54 Å². The van der Waals surface area contributed by atoms with Crippen molar-refractivity contribution < 1.29 is 4.74 Å². The van der Waals surface area contributed by atoms with E-state index in [4.69, 9.17) is 4.74 Å². The van der Waals surface area contributed by atoms with Crippen LogP contribution in [0.1, 0.15) is 35.7 Å². The summed E-state index contributed by atoms with van der Waals surface area (Å²) in [5.74, 6) is 4.04. The van der Waals surface area contributed by atoms with E-state index < -0.39 is 0 Å². The quantitative estimate of drug-likeness (QED) is 0.499. The van der Waals surface area contributed by atoms with E-state index in [0.29, 0.717) is 12.5 Å². The number of guanidine groups is 1. The maximum Gasteiger partial charge on any atom is 0.193 e. The number of aryl methyl sites for hydroxylation is 1. The van der Waals surface area contributed by atoms with E-state index in [9.17, 15) is 0 Å². The van der Waals surface area contributed by atoms with Gasteiger partial charge in [-0.15, -0.1) is 0 Å². The average molecular weight is 405 g/mol. The van der Waals surface area contributed by atoms with Gasteiger partial charge in [0.2, 0.25) is 0 Å². The molecule has 30 heavy (non-hydrogen) atoms. The summed E-state index contributed by atoms with van der Waals surface area (Å²) < 4.78 is 6.15. The van der Waals surface area contributed by atoms with Crippen LogP contribution in [0.4, 0.5) is 0 Å². The zero-order valence-corrected chi connectivity index (χ0v) is 17.5. The van der Waals surface area contributed by atoms with Crippen LogP contribution in [-0.4, -0.2) is 46.2 Å². The molecular weight excluding hydrogens is 376 g/mol. The van der Waals surface area contributed by atoms with Crippen LogP contribution >= 0.6 is 0 Å². The molecular formula is C23H28N6O. The van der Waals surface area contributed by atoms with Crippen molar-refractivity contribution in [2.24, 2.45) is 4.99 Å². The van der Waals surface area contributed by atoms with Gasteiger partial charge in [0.05, 0.1) is 0 Å². The fourth-order valence-corrected chi connectivity index (χ4v) is 3.84. The zero-order chi connectivity index (χ0) is 20.8. The molecule has 0 amide bonds. The van der Waals surface area contributed by atoms with E-state index in [0.717, 1.165) is 54.8 Å². The molecule has 1 aromatic heterocycles. The van der Waals surface area contributed by atoms with E-state index in [1.165, 1.54) is 5.56 Å². The minimum atomic E-state index is 0.435. The third-order valence-corrected chi connectivity index (χ3v) is 5.45. The molecule has 7 heteroatoms. The summed E-state index contributed by atoms with van der Waals surface area (Å²) in [5.41, 5.74) is 2.27. The minimum Gasteiger partial charge on any atom is -0.457 e. The largest absolute Gasteiger partial charge is 0.457 e. The summed E-state index contributed by atoms with van der Waals surface area (Å²) in [6.45, 7) is 4.59. The van der Waals surface area contributed by atoms with Gasteiger partial charge < -0.3 is 15.0 Å². The second-order valence-electron chi connectivity index (χ2n) is 7.56. The van der Waals surface area contributed by atoms with Crippen molar-refractivity contribution in [1.29, 1.82) is 0 Å². The molecule has 0 bridgehead atoms. The van der Waals surface area contributed by atoms with Gasteiger partial charge in [0.1, 0.15) is 23.7 Å². The third-order valence-electron chi connectivity index (χ3n) is 5.45. The van der Waals surface area contributed by atoms with Gasteiger partial charge in [0, 0.05) is 38.2 Å². The standard InChI is InChI=1S/C23H28N6O/c1-17-6-5-8-20(14-17)30-21-9-4-3-7-19(21)15-25-23(24-2)29-12-10-18(11-13-29)22-26-16-27-28-22/h3-9,14,16,18H,10-13,15H2,1-2H3,(H,24,25)(H,26,27,28). The highest BCUT2D eigenvalue weighted by Gasteiger charge is 2.24. The highest BCUT2D eigenvalue weighted by Crippen LogP contribution is 2.27. The number of benzene rings is 2. The highest BCUT2D eigenvalue weighted by molar-refractivity contribution is 5.80. The maximum absolute atomic E-state index is 6.15. The highest BCUT2D eigenvalue weighted by atomic mass is 16.5. The second-order valence-corrected chi connectivity index (χ2v) is 7.56. The normalized spacial score (nSPS) is 15.3. The predicted molar refractivity (Wildman–Crippen MR) is 118 cm³/mol. The summed E-state index contributed by atoms with van der Waals surface area (Å²) in [6, 6.07) is 16.2. The molecule has 0 spiro atoms. The number of hydrogen-bond donors (Lipinski definition) is 2. The van der Waals surface area contributed by atoms with Gasteiger partial charge in [-0.1, -0.05) is 30.3 Å². The van der Waals surface area contributed by atoms with Crippen molar-refractivity contribution in [3.63, 3.8) is 0 Å². The fourth-order valence-electron chi connectivity index (χ4n) is 3.84. The van der Waals surface area contributed by atoms with Crippen molar-refractivity contribution in [2.75, 3.05) is 20.1 Å². The molecule has 0 atom stereocenters. The summed E-state index contributed by atoms with van der Waals surface area (Å²) in [6.07, 6.45) is 3.64. The summed E-state index contributed by atoms with van der Waals surface area (Å²) in [7, 11) is 1.83. The molecule has 2 N–H and O–H groups in total. The molecule has 1 saturated heterocycles. The minimum absolute atomic E-state index is 0.435. The molecule has 2 heterocycles. The monoisotopic (exact) mass is 404 g/mol. The first-order chi connectivity index (χ1) is 14.7. The number of hydrogen-bond acceptors (Lipinski definition) is 4. The van der Waals surface area contributed by atoms with E-state index in [2.05, 4.69) is 49.4 Å². The number of nitrogens with one attached hydrogen (secondary N) is 2. The van der Waals surface area contributed by atoms with Crippen molar-refractivity contribution in [1.82, 2.24) is 25.4 Å². The molecule has 1 fully saturated rings. The smallest absolute Gasteiger partial charge is 0.193 e. The van der Waals surface area contributed by atoms with Gasteiger partial charge >= 0.3 is 0 Å². The van der Waals surface area contributed by atoms with Crippen molar-refractivity contribution >= 4 is 5.96 Å². The number of aromatic amines is 1. The van der Waals surface area contributed by atoms with Crippen LogP contribution in [0, 0.1) is 6.92 Å². The Morgan fingerprint density at radius 1 is 1.20 bits per heavy atom. The van der Waals surface area contributed by atoms with Crippen LogP contribution in [0.25, 0.3) is 0 Å². The Balaban J connectivity index is 1.37. The average Bonchev–Trinajstić information content (AvgIpc) is 3.31. The number of likely N-dealkylation sites (tertiary alicyclic amines) is 1. The van der Waals surface area contributed by atoms with E-state index in [1.54, 1.807) is 6.33 Å². The Morgan fingerprint density at radius 3 is 2.77 bits per heavy atom. The third kappa shape index (κ3) is 4.79. The van der Waals surface area contributed by atoms with Gasteiger partial charge in [-0.05, 0) is 43.5 Å². The van der Waals surface area contributed by atoms with Crippen LogP contribution in [0.5, 0.6) is 11.5 Å². The molecule has 0 saturated carbocycles. The topological polar surface area (TPSA) is 78.4 Å². The molecule has 156 valence electrons. The first kappa shape index (κ1) is 19.9. The maximum atomic E-state index is 6.15. The SMILES string of the molecule is CN=C(NCc1ccccc1Oc1cccc(C)c1)N1CCC(c2ncn[nH]2)CC1. The number of aliphatic imine (C=N–C) groups is 1. The lowest BCUT2D eigenvalue weighted by Crippen LogP contribution is -2.45. The van der Waals surface area contributed by atoms with Crippen LogP contribution in [0.2, 0.25) is 0 Å². The first-order valence-corrected chi connectivity index (χ1v) is 10.4. The van der Waals surface area contributed by atoms with Crippen molar-refractivity contribution in [2.45, 2.75) is 32.2 Å². The lowest BCUT2D eigenvalue weighted by atomic mass is 9.96. The number of rotatable bonds is 5. The van der Waals surface area contributed by atoms with Crippen LogP contribution in [0.15, 0.2) is 59.9 Å². The molecule has 0 aliphatic carbocycles. The number of para-hydroxylation sites is 1. The molecule has 3 aromatic rings. The lowest BCUT2D eigenvalue weighted by molar-refractivity contribution is 0.298. The summed E-state index contributed by atoms with van der Waals surface area (Å²) in [5, 5.41) is 10.5.